The van der Waals surface area contributed by atoms with Crippen molar-refractivity contribution in [3.8, 4) is 0 Å². The Hall–Kier alpha value is -0.650. The van der Waals surface area contributed by atoms with Gasteiger partial charge in [-0.25, -0.2) is 4.98 Å². The maximum Gasteiger partial charge on any atom is 0.131 e. The van der Waals surface area contributed by atoms with Gasteiger partial charge >= 0.3 is 0 Å². The first-order chi connectivity index (χ1) is 7.19. The first-order valence-corrected chi connectivity index (χ1v) is 5.57. The number of aliphatic hydroxyl groups is 2. The van der Waals surface area contributed by atoms with E-state index in [4.69, 9.17) is 10.2 Å². The molecule has 1 rings (SSSR count). The first kappa shape index (κ1) is 12.4. The average molecular weight is 275 g/mol. The van der Waals surface area contributed by atoms with Crippen molar-refractivity contribution >= 4 is 21.7 Å². The largest absolute Gasteiger partial charge is 0.395 e. The fourth-order valence-corrected chi connectivity index (χ4v) is 1.88. The van der Waals surface area contributed by atoms with Crippen molar-refractivity contribution in [1.29, 1.82) is 0 Å². The SMILES string of the molecule is Cc1cc(Br)cnc1N(CCO)CCO. The number of aryl methyl sites for hydroxylation is 1. The van der Waals surface area contributed by atoms with E-state index in [9.17, 15) is 0 Å². The second-order valence-corrected chi connectivity index (χ2v) is 4.14. The number of anilines is 1. The molecule has 5 heteroatoms. The molecule has 15 heavy (non-hydrogen) atoms. The molecule has 0 saturated heterocycles. The molecule has 0 fully saturated rings. The van der Waals surface area contributed by atoms with Crippen LogP contribution in [0.15, 0.2) is 16.7 Å². The van der Waals surface area contributed by atoms with E-state index in [1.807, 2.05) is 17.9 Å². The summed E-state index contributed by atoms with van der Waals surface area (Å²) in [7, 11) is 0. The maximum atomic E-state index is 8.91. The van der Waals surface area contributed by atoms with Gasteiger partial charge in [-0.15, -0.1) is 0 Å². The van der Waals surface area contributed by atoms with Crippen molar-refractivity contribution in [3.05, 3.63) is 22.3 Å². The summed E-state index contributed by atoms with van der Waals surface area (Å²) in [5.41, 5.74) is 1.02. The van der Waals surface area contributed by atoms with E-state index < -0.39 is 0 Å². The lowest BCUT2D eigenvalue weighted by molar-refractivity contribution is 0.280. The van der Waals surface area contributed by atoms with Crippen LogP contribution >= 0.6 is 15.9 Å². The number of rotatable bonds is 5. The molecular formula is C10H15BrN2O2. The Morgan fingerprint density at radius 3 is 2.40 bits per heavy atom. The molecule has 0 radical (unpaired) electrons. The van der Waals surface area contributed by atoms with Gasteiger partial charge in [-0.1, -0.05) is 0 Å². The monoisotopic (exact) mass is 274 g/mol. The summed E-state index contributed by atoms with van der Waals surface area (Å²) in [4.78, 5) is 6.14. The Kier molecular flexibility index (Phi) is 5.01. The van der Waals surface area contributed by atoms with E-state index in [-0.39, 0.29) is 13.2 Å². The topological polar surface area (TPSA) is 56.6 Å². The molecule has 1 aromatic rings. The lowest BCUT2D eigenvalue weighted by Gasteiger charge is -2.23. The van der Waals surface area contributed by atoms with Gasteiger partial charge in [0.05, 0.1) is 13.2 Å². The van der Waals surface area contributed by atoms with E-state index in [2.05, 4.69) is 20.9 Å². The number of aromatic nitrogens is 1. The third-order valence-electron chi connectivity index (χ3n) is 2.06. The number of halogens is 1. The van der Waals surface area contributed by atoms with Gasteiger partial charge in [0.15, 0.2) is 0 Å². The Morgan fingerprint density at radius 1 is 1.33 bits per heavy atom. The molecule has 0 amide bonds. The van der Waals surface area contributed by atoms with Crippen LogP contribution in [0.25, 0.3) is 0 Å². The van der Waals surface area contributed by atoms with Crippen LogP contribution in [-0.2, 0) is 0 Å². The highest BCUT2D eigenvalue weighted by atomic mass is 79.9. The minimum atomic E-state index is 0.0528. The highest BCUT2D eigenvalue weighted by Gasteiger charge is 2.09. The number of pyridine rings is 1. The van der Waals surface area contributed by atoms with Crippen LogP contribution in [0.4, 0.5) is 5.82 Å². The van der Waals surface area contributed by atoms with E-state index in [1.54, 1.807) is 6.20 Å². The molecule has 0 bridgehead atoms. The number of hydrogen-bond donors (Lipinski definition) is 2. The van der Waals surface area contributed by atoms with E-state index in [1.165, 1.54) is 0 Å². The number of nitrogens with zero attached hydrogens (tertiary/aromatic N) is 2. The van der Waals surface area contributed by atoms with Gasteiger partial charge in [-0.2, -0.15) is 0 Å². The summed E-state index contributed by atoms with van der Waals surface area (Å²) in [6, 6.07) is 1.96. The quantitative estimate of drug-likeness (QED) is 0.840. The third kappa shape index (κ3) is 3.44. The fourth-order valence-electron chi connectivity index (χ4n) is 1.43. The second-order valence-electron chi connectivity index (χ2n) is 3.23. The summed E-state index contributed by atoms with van der Waals surface area (Å²) >= 11 is 3.34. The summed E-state index contributed by atoms with van der Waals surface area (Å²) in [5, 5.41) is 17.8. The highest BCUT2D eigenvalue weighted by Crippen LogP contribution is 2.20. The van der Waals surface area contributed by atoms with Crippen molar-refractivity contribution < 1.29 is 10.2 Å². The fraction of sp³-hybridized carbons (Fsp3) is 0.500. The van der Waals surface area contributed by atoms with Gasteiger partial charge < -0.3 is 15.1 Å². The minimum Gasteiger partial charge on any atom is -0.395 e. The zero-order valence-corrected chi connectivity index (χ0v) is 10.2. The normalized spacial score (nSPS) is 10.4. The zero-order valence-electron chi connectivity index (χ0n) is 8.65. The Labute approximate surface area is 97.7 Å². The average Bonchev–Trinajstić information content (AvgIpc) is 2.17. The molecule has 1 heterocycles. The third-order valence-corrected chi connectivity index (χ3v) is 2.49. The predicted molar refractivity (Wildman–Crippen MR) is 63.1 cm³/mol. The maximum absolute atomic E-state index is 8.91. The van der Waals surface area contributed by atoms with E-state index >= 15 is 0 Å². The molecular weight excluding hydrogens is 260 g/mol. The molecule has 0 aliphatic rings. The first-order valence-electron chi connectivity index (χ1n) is 4.78. The van der Waals surface area contributed by atoms with E-state index in [0.29, 0.717) is 13.1 Å². The van der Waals surface area contributed by atoms with Crippen LogP contribution in [0, 0.1) is 6.92 Å². The lowest BCUT2D eigenvalue weighted by atomic mass is 10.2. The molecule has 0 aliphatic heterocycles. The standard InChI is InChI=1S/C10H15BrN2O2/c1-8-6-9(11)7-12-10(8)13(2-4-14)3-5-15/h6-7,14-15H,2-5H2,1H3. The summed E-state index contributed by atoms with van der Waals surface area (Å²) in [5.74, 6) is 0.807. The Morgan fingerprint density at radius 2 is 1.93 bits per heavy atom. The summed E-state index contributed by atoms with van der Waals surface area (Å²) < 4.78 is 0.927. The van der Waals surface area contributed by atoms with Gasteiger partial charge in [0.2, 0.25) is 0 Å². The zero-order chi connectivity index (χ0) is 11.3. The van der Waals surface area contributed by atoms with Crippen LogP contribution < -0.4 is 4.90 Å². The van der Waals surface area contributed by atoms with Gasteiger partial charge in [-0.05, 0) is 34.5 Å². The van der Waals surface area contributed by atoms with Crippen LogP contribution in [-0.4, -0.2) is 41.5 Å². The molecule has 2 N–H and O–H groups in total. The molecule has 0 aromatic carbocycles. The van der Waals surface area contributed by atoms with Gasteiger partial charge in [0.1, 0.15) is 5.82 Å². The van der Waals surface area contributed by atoms with Gasteiger partial charge in [-0.3, -0.25) is 0 Å². The van der Waals surface area contributed by atoms with Crippen LogP contribution in [0.1, 0.15) is 5.56 Å². The minimum absolute atomic E-state index is 0.0528. The van der Waals surface area contributed by atoms with Crippen molar-refractivity contribution in [1.82, 2.24) is 4.98 Å². The van der Waals surface area contributed by atoms with E-state index in [0.717, 1.165) is 15.9 Å². The predicted octanol–water partition coefficient (Wildman–Crippen LogP) is 0.944. The molecule has 4 nitrogen and oxygen atoms in total. The van der Waals surface area contributed by atoms with Crippen molar-refractivity contribution in [2.45, 2.75) is 6.92 Å². The Bertz CT molecular complexity index is 314. The van der Waals surface area contributed by atoms with Crippen molar-refractivity contribution in [2.75, 3.05) is 31.2 Å². The van der Waals surface area contributed by atoms with Crippen LogP contribution in [0.2, 0.25) is 0 Å². The second kappa shape index (κ2) is 6.05. The highest BCUT2D eigenvalue weighted by molar-refractivity contribution is 9.10. The molecule has 0 saturated carbocycles. The summed E-state index contributed by atoms with van der Waals surface area (Å²) in [6.07, 6.45) is 1.71. The Balaban J connectivity index is 2.89. The van der Waals surface area contributed by atoms with Crippen LogP contribution in [0.5, 0.6) is 0 Å². The van der Waals surface area contributed by atoms with Crippen molar-refractivity contribution in [2.24, 2.45) is 0 Å². The number of aliphatic hydroxyl groups excluding tert-OH is 2. The van der Waals surface area contributed by atoms with Gasteiger partial charge in [0.25, 0.3) is 0 Å². The molecule has 0 aliphatic carbocycles. The molecule has 0 spiro atoms. The summed E-state index contributed by atoms with van der Waals surface area (Å²) in [6.45, 7) is 3.02. The van der Waals surface area contributed by atoms with Crippen LogP contribution in [0.3, 0.4) is 0 Å². The molecule has 84 valence electrons. The molecule has 1 aromatic heterocycles. The van der Waals surface area contributed by atoms with Crippen molar-refractivity contribution in [3.63, 3.8) is 0 Å². The number of hydrogen-bond acceptors (Lipinski definition) is 4. The lowest BCUT2D eigenvalue weighted by Crippen LogP contribution is -2.31. The van der Waals surface area contributed by atoms with Gasteiger partial charge in [0, 0.05) is 23.8 Å². The molecule has 0 unspecified atom stereocenters. The smallest absolute Gasteiger partial charge is 0.131 e. The molecule has 0 atom stereocenters.